The molecule has 2 heterocycles. The van der Waals surface area contributed by atoms with Crippen LogP contribution in [0.25, 0.3) is 0 Å². The van der Waals surface area contributed by atoms with Crippen LogP contribution in [0.15, 0.2) is 42.5 Å². The first-order chi connectivity index (χ1) is 13.1. The average molecular weight is 387 g/mol. The third-order valence-electron chi connectivity index (χ3n) is 5.51. The molecule has 2 aliphatic heterocycles. The van der Waals surface area contributed by atoms with Gasteiger partial charge in [-0.1, -0.05) is 29.8 Å². The molecule has 27 heavy (non-hydrogen) atoms. The maximum absolute atomic E-state index is 12.7. The van der Waals surface area contributed by atoms with Gasteiger partial charge in [-0.25, -0.2) is 4.79 Å². The van der Waals surface area contributed by atoms with Crippen LogP contribution in [0.3, 0.4) is 0 Å². The van der Waals surface area contributed by atoms with Crippen molar-refractivity contribution in [3.8, 4) is 11.5 Å². The van der Waals surface area contributed by atoms with E-state index in [1.54, 1.807) is 25.3 Å². The number of methoxy groups -OCH3 is 1. The number of rotatable bonds is 2. The van der Waals surface area contributed by atoms with Crippen molar-refractivity contribution in [3.63, 3.8) is 0 Å². The number of nitrogens with one attached hydrogen (secondary N) is 1. The Hall–Kier alpha value is -2.40. The fraction of sp³-hybridized carbons (Fsp3) is 0.381. The van der Waals surface area contributed by atoms with Crippen molar-refractivity contribution in [2.45, 2.75) is 31.3 Å². The van der Waals surface area contributed by atoms with Crippen molar-refractivity contribution in [1.82, 2.24) is 4.90 Å². The van der Waals surface area contributed by atoms with E-state index >= 15 is 0 Å². The van der Waals surface area contributed by atoms with Crippen LogP contribution in [-0.2, 0) is 6.42 Å². The van der Waals surface area contributed by atoms with E-state index < -0.39 is 0 Å². The van der Waals surface area contributed by atoms with Gasteiger partial charge < -0.3 is 19.7 Å². The number of likely N-dealkylation sites (tertiary alicyclic amines) is 1. The third kappa shape index (κ3) is 3.69. The number of nitrogens with zero attached hydrogens (tertiary/aromatic N) is 1. The highest BCUT2D eigenvalue weighted by Crippen LogP contribution is 2.39. The Bertz CT molecular complexity index is 847. The van der Waals surface area contributed by atoms with Gasteiger partial charge in [0.1, 0.15) is 17.1 Å². The van der Waals surface area contributed by atoms with Gasteiger partial charge in [0, 0.05) is 31.0 Å². The molecule has 0 aromatic heterocycles. The Kier molecular flexibility index (Phi) is 4.87. The van der Waals surface area contributed by atoms with Gasteiger partial charge in [-0.15, -0.1) is 0 Å². The predicted octanol–water partition coefficient (Wildman–Crippen LogP) is 4.74. The number of piperidine rings is 1. The van der Waals surface area contributed by atoms with Crippen LogP contribution >= 0.6 is 11.6 Å². The molecule has 0 aliphatic carbocycles. The maximum Gasteiger partial charge on any atom is 0.321 e. The number of aryl methyl sites for hydroxylation is 1. The number of anilines is 1. The van der Waals surface area contributed by atoms with E-state index in [1.807, 2.05) is 17.0 Å². The van der Waals surface area contributed by atoms with Crippen LogP contribution in [-0.4, -0.2) is 36.7 Å². The highest BCUT2D eigenvalue weighted by atomic mass is 35.5. The monoisotopic (exact) mass is 386 g/mol. The molecule has 1 N–H and O–H groups in total. The molecular weight excluding hydrogens is 364 g/mol. The molecule has 0 radical (unpaired) electrons. The predicted molar refractivity (Wildman–Crippen MR) is 106 cm³/mol. The summed E-state index contributed by atoms with van der Waals surface area (Å²) in [6.07, 6.45) is 3.70. The third-order valence-corrected chi connectivity index (χ3v) is 5.75. The Balaban J connectivity index is 1.40. The van der Waals surface area contributed by atoms with E-state index in [0.29, 0.717) is 29.5 Å². The SMILES string of the molecule is COc1ccc(Cl)cc1NC(=O)N1CCC2(CCc3ccccc3O2)CC1. The second-order valence-corrected chi connectivity index (χ2v) is 7.59. The van der Waals surface area contributed by atoms with Crippen molar-refractivity contribution in [2.24, 2.45) is 0 Å². The molecule has 0 bridgehead atoms. The van der Waals surface area contributed by atoms with E-state index in [2.05, 4.69) is 17.4 Å². The molecule has 2 aromatic rings. The normalized spacial score (nSPS) is 17.8. The van der Waals surface area contributed by atoms with Crippen LogP contribution in [0.4, 0.5) is 10.5 Å². The van der Waals surface area contributed by atoms with E-state index in [1.165, 1.54) is 5.56 Å². The summed E-state index contributed by atoms with van der Waals surface area (Å²) in [4.78, 5) is 14.5. The Labute approximate surface area is 164 Å². The molecule has 1 fully saturated rings. The van der Waals surface area contributed by atoms with E-state index in [-0.39, 0.29) is 11.6 Å². The molecule has 0 saturated carbocycles. The lowest BCUT2D eigenvalue weighted by molar-refractivity contribution is -0.00435. The van der Waals surface area contributed by atoms with Crippen molar-refractivity contribution >= 4 is 23.3 Å². The minimum atomic E-state index is -0.154. The summed E-state index contributed by atoms with van der Waals surface area (Å²) in [6, 6.07) is 13.3. The molecule has 0 unspecified atom stereocenters. The number of hydrogen-bond donors (Lipinski definition) is 1. The Morgan fingerprint density at radius 3 is 2.74 bits per heavy atom. The fourth-order valence-electron chi connectivity index (χ4n) is 3.90. The van der Waals surface area contributed by atoms with Gasteiger partial charge in [0.15, 0.2) is 0 Å². The van der Waals surface area contributed by atoms with Crippen LogP contribution in [0, 0.1) is 0 Å². The summed E-state index contributed by atoms with van der Waals surface area (Å²) in [5, 5.41) is 3.47. The highest BCUT2D eigenvalue weighted by Gasteiger charge is 2.40. The van der Waals surface area contributed by atoms with Crippen LogP contribution in [0.2, 0.25) is 5.02 Å². The number of benzene rings is 2. The van der Waals surface area contributed by atoms with Gasteiger partial charge in [-0.3, -0.25) is 0 Å². The molecule has 1 saturated heterocycles. The summed E-state index contributed by atoms with van der Waals surface area (Å²) in [6.45, 7) is 1.33. The zero-order valence-electron chi connectivity index (χ0n) is 15.3. The van der Waals surface area contributed by atoms with E-state index in [4.69, 9.17) is 21.1 Å². The zero-order valence-corrected chi connectivity index (χ0v) is 16.1. The summed E-state index contributed by atoms with van der Waals surface area (Å²) in [7, 11) is 1.57. The molecule has 2 amide bonds. The number of hydrogen-bond acceptors (Lipinski definition) is 3. The minimum absolute atomic E-state index is 0.137. The van der Waals surface area contributed by atoms with Gasteiger partial charge in [0.2, 0.25) is 0 Å². The number of para-hydroxylation sites is 1. The lowest BCUT2D eigenvalue weighted by Crippen LogP contribution is -2.52. The number of halogens is 1. The number of amides is 2. The molecule has 142 valence electrons. The molecule has 0 atom stereocenters. The van der Waals surface area contributed by atoms with Crippen molar-refractivity contribution in [2.75, 3.05) is 25.5 Å². The number of ether oxygens (including phenoxy) is 2. The molecule has 1 spiro atoms. The minimum Gasteiger partial charge on any atom is -0.495 e. The van der Waals surface area contributed by atoms with Gasteiger partial charge in [-0.2, -0.15) is 0 Å². The van der Waals surface area contributed by atoms with E-state index in [0.717, 1.165) is 31.4 Å². The standard InChI is InChI=1S/C21H23ClN2O3/c1-26-19-7-6-16(22)14-17(19)23-20(25)24-12-10-21(11-13-24)9-8-15-4-2-3-5-18(15)27-21/h2-7,14H,8-13H2,1H3,(H,23,25). The average Bonchev–Trinajstić information content (AvgIpc) is 2.68. The van der Waals surface area contributed by atoms with Gasteiger partial charge in [0.05, 0.1) is 12.8 Å². The highest BCUT2D eigenvalue weighted by molar-refractivity contribution is 6.31. The summed E-state index contributed by atoms with van der Waals surface area (Å²) < 4.78 is 11.7. The first-order valence-electron chi connectivity index (χ1n) is 9.25. The summed E-state index contributed by atoms with van der Waals surface area (Å²) >= 11 is 6.04. The molecule has 2 aromatic carbocycles. The molecular formula is C21H23ClN2O3. The quantitative estimate of drug-likeness (QED) is 0.810. The number of carbonyl (C=O) groups excluding carboxylic acids is 1. The van der Waals surface area contributed by atoms with E-state index in [9.17, 15) is 4.79 Å². The summed E-state index contributed by atoms with van der Waals surface area (Å²) in [5.41, 5.74) is 1.70. The summed E-state index contributed by atoms with van der Waals surface area (Å²) in [5.74, 6) is 1.58. The Morgan fingerprint density at radius 2 is 1.96 bits per heavy atom. The Morgan fingerprint density at radius 1 is 1.19 bits per heavy atom. The second kappa shape index (κ2) is 7.31. The maximum atomic E-state index is 12.7. The molecule has 5 nitrogen and oxygen atoms in total. The largest absolute Gasteiger partial charge is 0.495 e. The lowest BCUT2D eigenvalue weighted by Gasteiger charge is -2.44. The van der Waals surface area contributed by atoms with Gasteiger partial charge in [0.25, 0.3) is 0 Å². The first kappa shape index (κ1) is 18.0. The van der Waals surface area contributed by atoms with Crippen molar-refractivity contribution < 1.29 is 14.3 Å². The smallest absolute Gasteiger partial charge is 0.321 e. The van der Waals surface area contributed by atoms with Crippen LogP contribution in [0.5, 0.6) is 11.5 Å². The number of urea groups is 1. The number of fused-ring (bicyclic) bond motifs is 1. The fourth-order valence-corrected chi connectivity index (χ4v) is 4.07. The first-order valence-corrected chi connectivity index (χ1v) is 9.63. The topological polar surface area (TPSA) is 50.8 Å². The van der Waals surface area contributed by atoms with Crippen LogP contribution in [0.1, 0.15) is 24.8 Å². The lowest BCUT2D eigenvalue weighted by atomic mass is 9.83. The zero-order chi connectivity index (χ0) is 18.9. The second-order valence-electron chi connectivity index (χ2n) is 7.15. The van der Waals surface area contributed by atoms with Crippen LogP contribution < -0.4 is 14.8 Å². The van der Waals surface area contributed by atoms with Gasteiger partial charge in [-0.05, 0) is 42.7 Å². The number of carbonyl (C=O) groups is 1. The molecule has 6 heteroatoms. The molecule has 4 rings (SSSR count). The van der Waals surface area contributed by atoms with Crippen molar-refractivity contribution in [3.05, 3.63) is 53.1 Å². The van der Waals surface area contributed by atoms with Gasteiger partial charge >= 0.3 is 6.03 Å². The molecule has 2 aliphatic rings. The van der Waals surface area contributed by atoms with Crippen molar-refractivity contribution in [1.29, 1.82) is 0 Å².